The van der Waals surface area contributed by atoms with Gasteiger partial charge in [0.2, 0.25) is 0 Å². The van der Waals surface area contributed by atoms with Gasteiger partial charge in [-0.15, -0.1) is 0 Å². The first kappa shape index (κ1) is 16.1. The molecule has 1 aliphatic heterocycles. The molecule has 0 N–H and O–H groups in total. The highest BCUT2D eigenvalue weighted by molar-refractivity contribution is 9.10. The Balaban J connectivity index is 1.55. The maximum Gasteiger partial charge on any atom is 0.253 e. The predicted molar refractivity (Wildman–Crippen MR) is 91.7 cm³/mol. The van der Waals surface area contributed by atoms with Gasteiger partial charge in [0.05, 0.1) is 0 Å². The van der Waals surface area contributed by atoms with Gasteiger partial charge in [-0.05, 0) is 42.0 Å². The summed E-state index contributed by atoms with van der Waals surface area (Å²) in [5, 5.41) is 0. The van der Waals surface area contributed by atoms with Crippen molar-refractivity contribution in [2.75, 3.05) is 26.2 Å². The van der Waals surface area contributed by atoms with Crippen molar-refractivity contribution in [2.45, 2.75) is 6.54 Å². The van der Waals surface area contributed by atoms with Crippen LogP contribution in [0.25, 0.3) is 0 Å². The summed E-state index contributed by atoms with van der Waals surface area (Å²) in [7, 11) is 0. The van der Waals surface area contributed by atoms with Gasteiger partial charge in [0.25, 0.3) is 5.91 Å². The lowest BCUT2D eigenvalue weighted by atomic mass is 10.1. The van der Waals surface area contributed by atoms with Crippen LogP contribution in [0.1, 0.15) is 15.9 Å². The lowest BCUT2D eigenvalue weighted by molar-refractivity contribution is 0.0628. The number of halogens is 2. The Morgan fingerprint density at radius 1 is 1.04 bits per heavy atom. The minimum absolute atomic E-state index is 0.0212. The van der Waals surface area contributed by atoms with Gasteiger partial charge < -0.3 is 4.90 Å². The summed E-state index contributed by atoms with van der Waals surface area (Å²) in [5.41, 5.74) is 1.81. The van der Waals surface area contributed by atoms with E-state index in [0.717, 1.165) is 24.1 Å². The van der Waals surface area contributed by atoms with Crippen molar-refractivity contribution >= 4 is 21.8 Å². The molecule has 1 amide bonds. The SMILES string of the molecule is O=C(c1ccc(F)cc1)N1CCN(Cc2cccc(Br)c2)CC1. The van der Waals surface area contributed by atoms with E-state index < -0.39 is 0 Å². The smallest absolute Gasteiger partial charge is 0.253 e. The largest absolute Gasteiger partial charge is 0.336 e. The molecule has 5 heteroatoms. The number of rotatable bonds is 3. The van der Waals surface area contributed by atoms with Crippen molar-refractivity contribution in [3.8, 4) is 0 Å². The van der Waals surface area contributed by atoms with E-state index in [0.29, 0.717) is 18.7 Å². The maximum atomic E-state index is 12.9. The van der Waals surface area contributed by atoms with Crippen molar-refractivity contribution in [1.29, 1.82) is 0 Å². The molecule has 1 saturated heterocycles. The normalized spacial score (nSPS) is 15.7. The van der Waals surface area contributed by atoms with Crippen LogP contribution in [0.3, 0.4) is 0 Å². The Hall–Kier alpha value is -1.72. The number of amides is 1. The number of piperazine rings is 1. The fourth-order valence-corrected chi connectivity index (χ4v) is 3.22. The van der Waals surface area contributed by atoms with Crippen LogP contribution in [0.4, 0.5) is 4.39 Å². The third-order valence-electron chi connectivity index (χ3n) is 4.05. The van der Waals surface area contributed by atoms with Crippen LogP contribution in [-0.2, 0) is 6.54 Å². The first-order valence-corrected chi connectivity index (χ1v) is 8.43. The molecule has 0 aromatic heterocycles. The summed E-state index contributed by atoms with van der Waals surface area (Å²) >= 11 is 3.49. The van der Waals surface area contributed by atoms with Crippen LogP contribution in [-0.4, -0.2) is 41.9 Å². The molecule has 120 valence electrons. The van der Waals surface area contributed by atoms with E-state index in [2.05, 4.69) is 33.0 Å². The highest BCUT2D eigenvalue weighted by Gasteiger charge is 2.22. The van der Waals surface area contributed by atoms with Gasteiger partial charge in [-0.25, -0.2) is 4.39 Å². The van der Waals surface area contributed by atoms with Gasteiger partial charge in [0.15, 0.2) is 0 Å². The average molecular weight is 377 g/mol. The summed E-state index contributed by atoms with van der Waals surface area (Å²) in [6.45, 7) is 3.98. The Morgan fingerprint density at radius 2 is 1.74 bits per heavy atom. The standard InChI is InChI=1S/C18H18BrFN2O/c19-16-3-1-2-14(12-16)13-21-8-10-22(11-9-21)18(23)15-4-6-17(20)7-5-15/h1-7,12H,8-11,13H2. The molecule has 0 bridgehead atoms. The van der Waals surface area contributed by atoms with E-state index in [9.17, 15) is 9.18 Å². The summed E-state index contributed by atoms with van der Waals surface area (Å²) in [5.74, 6) is -0.340. The van der Waals surface area contributed by atoms with Crippen molar-refractivity contribution in [3.05, 3.63) is 69.9 Å². The maximum absolute atomic E-state index is 12.9. The zero-order valence-electron chi connectivity index (χ0n) is 12.7. The molecule has 2 aromatic rings. The molecule has 2 aromatic carbocycles. The van der Waals surface area contributed by atoms with Crippen LogP contribution in [0.2, 0.25) is 0 Å². The molecular weight excluding hydrogens is 359 g/mol. The minimum Gasteiger partial charge on any atom is -0.336 e. The quantitative estimate of drug-likeness (QED) is 0.817. The van der Waals surface area contributed by atoms with Crippen LogP contribution in [0.5, 0.6) is 0 Å². The fourth-order valence-electron chi connectivity index (χ4n) is 2.78. The Bertz CT molecular complexity index is 682. The van der Waals surface area contributed by atoms with Gasteiger partial charge in [-0.2, -0.15) is 0 Å². The summed E-state index contributed by atoms with van der Waals surface area (Å²) in [6, 6.07) is 14.0. The number of nitrogens with zero attached hydrogens (tertiary/aromatic N) is 2. The van der Waals surface area contributed by atoms with Crippen molar-refractivity contribution in [2.24, 2.45) is 0 Å². The van der Waals surface area contributed by atoms with Crippen LogP contribution in [0, 0.1) is 5.82 Å². The highest BCUT2D eigenvalue weighted by Crippen LogP contribution is 2.15. The number of carbonyl (C=O) groups is 1. The number of benzene rings is 2. The predicted octanol–water partition coefficient (Wildman–Crippen LogP) is 3.55. The first-order chi connectivity index (χ1) is 11.1. The van der Waals surface area contributed by atoms with Crippen LogP contribution >= 0.6 is 15.9 Å². The first-order valence-electron chi connectivity index (χ1n) is 7.63. The van der Waals surface area contributed by atoms with Gasteiger partial charge >= 0.3 is 0 Å². The monoisotopic (exact) mass is 376 g/mol. The van der Waals surface area contributed by atoms with E-state index >= 15 is 0 Å². The summed E-state index contributed by atoms with van der Waals surface area (Å²) in [6.07, 6.45) is 0. The number of hydrogen-bond donors (Lipinski definition) is 0. The molecule has 23 heavy (non-hydrogen) atoms. The minimum atomic E-state index is -0.319. The van der Waals surface area contributed by atoms with Crippen LogP contribution < -0.4 is 0 Å². The zero-order chi connectivity index (χ0) is 16.2. The van der Waals surface area contributed by atoms with Gasteiger partial charge in [-0.1, -0.05) is 28.1 Å². The molecule has 0 saturated carbocycles. The highest BCUT2D eigenvalue weighted by atomic mass is 79.9. The fraction of sp³-hybridized carbons (Fsp3) is 0.278. The van der Waals surface area contributed by atoms with Gasteiger partial charge in [0.1, 0.15) is 5.82 Å². The van der Waals surface area contributed by atoms with E-state index in [1.165, 1.54) is 17.7 Å². The second kappa shape index (κ2) is 7.23. The van der Waals surface area contributed by atoms with E-state index in [-0.39, 0.29) is 11.7 Å². The summed E-state index contributed by atoms with van der Waals surface area (Å²) in [4.78, 5) is 16.6. The molecule has 1 fully saturated rings. The third-order valence-corrected chi connectivity index (χ3v) is 4.54. The van der Waals surface area contributed by atoms with E-state index in [1.54, 1.807) is 12.1 Å². The number of carbonyl (C=O) groups excluding carboxylic acids is 1. The van der Waals surface area contributed by atoms with Crippen LogP contribution in [0.15, 0.2) is 53.0 Å². The molecule has 0 unspecified atom stereocenters. The lowest BCUT2D eigenvalue weighted by Gasteiger charge is -2.34. The average Bonchev–Trinajstić information content (AvgIpc) is 2.56. The van der Waals surface area contributed by atoms with E-state index in [4.69, 9.17) is 0 Å². The molecule has 0 aliphatic carbocycles. The Kier molecular flexibility index (Phi) is 5.08. The van der Waals surface area contributed by atoms with E-state index in [1.807, 2.05) is 17.0 Å². The Labute approximate surface area is 143 Å². The molecule has 0 radical (unpaired) electrons. The molecule has 3 nitrogen and oxygen atoms in total. The van der Waals surface area contributed by atoms with Crippen molar-refractivity contribution in [3.63, 3.8) is 0 Å². The topological polar surface area (TPSA) is 23.6 Å². The second-order valence-corrected chi connectivity index (χ2v) is 6.62. The molecule has 3 rings (SSSR count). The number of hydrogen-bond acceptors (Lipinski definition) is 2. The Morgan fingerprint density at radius 3 is 2.39 bits per heavy atom. The van der Waals surface area contributed by atoms with Gasteiger partial charge in [-0.3, -0.25) is 9.69 Å². The molecule has 0 spiro atoms. The summed E-state index contributed by atoms with van der Waals surface area (Å²) < 4.78 is 14.0. The lowest BCUT2D eigenvalue weighted by Crippen LogP contribution is -2.48. The third kappa shape index (κ3) is 4.18. The second-order valence-electron chi connectivity index (χ2n) is 5.71. The zero-order valence-corrected chi connectivity index (χ0v) is 14.3. The van der Waals surface area contributed by atoms with Gasteiger partial charge in [0, 0.05) is 42.8 Å². The molecule has 1 aliphatic rings. The van der Waals surface area contributed by atoms with Crippen molar-refractivity contribution in [1.82, 2.24) is 9.80 Å². The molecule has 1 heterocycles. The van der Waals surface area contributed by atoms with Crippen molar-refractivity contribution < 1.29 is 9.18 Å². The molecule has 0 atom stereocenters. The molecular formula is C18H18BrFN2O.